The van der Waals surface area contributed by atoms with E-state index in [1.165, 1.54) is 0 Å². The number of rotatable bonds is 3. The van der Waals surface area contributed by atoms with Crippen molar-refractivity contribution in [3.63, 3.8) is 0 Å². The Hall–Kier alpha value is -0.620. The molecule has 0 aromatic heterocycles. The molecule has 2 heterocycles. The van der Waals surface area contributed by atoms with Gasteiger partial charge in [0.1, 0.15) is 6.10 Å². The summed E-state index contributed by atoms with van der Waals surface area (Å²) in [6, 6.07) is 0. The highest BCUT2D eigenvalue weighted by atomic mass is 16.8. The third-order valence-electron chi connectivity index (χ3n) is 2.76. The van der Waals surface area contributed by atoms with E-state index in [0.29, 0.717) is 6.61 Å². The Bertz CT molecular complexity index is 301. The fourth-order valence-electron chi connectivity index (χ4n) is 2.10. The minimum Gasteiger partial charge on any atom is -0.493 e. The standard InChI is InChI=1S/C11H18O5/c1-5-13-7(2)11(12)9-8(6-14-11)15-10(3,4)16-9/h8-9,12H,2,5-6H2,1,3-4H3/t8-,9-,11?/m1/s1. The van der Waals surface area contributed by atoms with Crippen molar-refractivity contribution in [3.8, 4) is 0 Å². The van der Waals surface area contributed by atoms with Gasteiger partial charge in [-0.1, -0.05) is 6.58 Å². The Morgan fingerprint density at radius 1 is 1.50 bits per heavy atom. The zero-order valence-corrected chi connectivity index (χ0v) is 9.86. The number of fused-ring (bicyclic) bond motifs is 1. The lowest BCUT2D eigenvalue weighted by atomic mass is 10.1. The SMILES string of the molecule is C=C(OCC)C1(O)OC[C@H]2OC(C)(C)O[C@H]21. The van der Waals surface area contributed by atoms with Crippen LogP contribution in [0.15, 0.2) is 12.3 Å². The average molecular weight is 230 g/mol. The predicted molar refractivity (Wildman–Crippen MR) is 55.5 cm³/mol. The molecular weight excluding hydrogens is 212 g/mol. The van der Waals surface area contributed by atoms with Gasteiger partial charge in [0, 0.05) is 0 Å². The second-order valence-corrected chi connectivity index (χ2v) is 4.46. The van der Waals surface area contributed by atoms with Crippen LogP contribution in [0.1, 0.15) is 20.8 Å². The molecule has 0 spiro atoms. The van der Waals surface area contributed by atoms with Gasteiger partial charge >= 0.3 is 0 Å². The fraction of sp³-hybridized carbons (Fsp3) is 0.818. The number of hydrogen-bond donors (Lipinski definition) is 1. The summed E-state index contributed by atoms with van der Waals surface area (Å²) in [5, 5.41) is 10.3. The molecule has 2 fully saturated rings. The molecule has 2 rings (SSSR count). The fourth-order valence-corrected chi connectivity index (χ4v) is 2.10. The summed E-state index contributed by atoms with van der Waals surface area (Å²) in [5.74, 6) is -2.14. The topological polar surface area (TPSA) is 57.2 Å². The largest absolute Gasteiger partial charge is 0.493 e. The van der Waals surface area contributed by atoms with Crippen LogP contribution in [0.5, 0.6) is 0 Å². The first-order chi connectivity index (χ1) is 7.39. The molecular formula is C11H18O5. The van der Waals surface area contributed by atoms with Crippen LogP contribution in [-0.2, 0) is 18.9 Å². The van der Waals surface area contributed by atoms with Crippen molar-refractivity contribution in [2.45, 2.75) is 44.6 Å². The van der Waals surface area contributed by atoms with Crippen molar-refractivity contribution < 1.29 is 24.1 Å². The van der Waals surface area contributed by atoms with Gasteiger partial charge in [0.2, 0.25) is 0 Å². The number of aliphatic hydroxyl groups is 1. The molecule has 5 heteroatoms. The summed E-state index contributed by atoms with van der Waals surface area (Å²) < 4.78 is 21.7. The molecule has 1 unspecified atom stereocenters. The third-order valence-corrected chi connectivity index (χ3v) is 2.76. The molecule has 0 aliphatic carbocycles. The first-order valence-corrected chi connectivity index (χ1v) is 5.43. The van der Waals surface area contributed by atoms with E-state index >= 15 is 0 Å². The molecule has 92 valence electrons. The molecule has 2 saturated heterocycles. The molecule has 0 saturated carbocycles. The van der Waals surface area contributed by atoms with Gasteiger partial charge in [-0.05, 0) is 20.8 Å². The number of ether oxygens (including phenoxy) is 4. The second kappa shape index (κ2) is 3.70. The molecule has 3 atom stereocenters. The van der Waals surface area contributed by atoms with Crippen LogP contribution in [0, 0.1) is 0 Å². The minimum atomic E-state index is -1.60. The Labute approximate surface area is 94.9 Å². The van der Waals surface area contributed by atoms with Gasteiger partial charge in [-0.15, -0.1) is 0 Å². The van der Waals surface area contributed by atoms with E-state index < -0.39 is 17.7 Å². The molecule has 0 bridgehead atoms. The Balaban J connectivity index is 2.15. The maximum atomic E-state index is 10.3. The van der Waals surface area contributed by atoms with Crippen LogP contribution in [0.3, 0.4) is 0 Å². The highest BCUT2D eigenvalue weighted by Gasteiger charge is 2.60. The quantitative estimate of drug-likeness (QED) is 0.726. The van der Waals surface area contributed by atoms with Gasteiger partial charge in [-0.25, -0.2) is 0 Å². The zero-order valence-electron chi connectivity index (χ0n) is 9.86. The van der Waals surface area contributed by atoms with Crippen LogP contribution < -0.4 is 0 Å². The van der Waals surface area contributed by atoms with Gasteiger partial charge in [0.15, 0.2) is 17.7 Å². The van der Waals surface area contributed by atoms with E-state index in [2.05, 4.69) is 6.58 Å². The summed E-state index contributed by atoms with van der Waals surface area (Å²) in [6.45, 7) is 9.79. The maximum absolute atomic E-state index is 10.3. The van der Waals surface area contributed by atoms with Crippen LogP contribution in [-0.4, -0.2) is 42.1 Å². The Kier molecular flexibility index (Phi) is 2.74. The van der Waals surface area contributed by atoms with E-state index in [-0.39, 0.29) is 18.5 Å². The Morgan fingerprint density at radius 2 is 2.19 bits per heavy atom. The lowest BCUT2D eigenvalue weighted by molar-refractivity contribution is -0.254. The summed E-state index contributed by atoms with van der Waals surface area (Å²) in [4.78, 5) is 0. The lowest BCUT2D eigenvalue weighted by Gasteiger charge is -2.29. The number of hydrogen-bond acceptors (Lipinski definition) is 5. The first kappa shape index (κ1) is 11.9. The molecule has 0 radical (unpaired) electrons. The molecule has 2 aliphatic heterocycles. The zero-order chi connectivity index (χ0) is 12.0. The summed E-state index contributed by atoms with van der Waals surface area (Å²) in [7, 11) is 0. The monoisotopic (exact) mass is 230 g/mol. The summed E-state index contributed by atoms with van der Waals surface area (Å²) in [6.07, 6.45) is -0.862. The van der Waals surface area contributed by atoms with Gasteiger partial charge < -0.3 is 24.1 Å². The van der Waals surface area contributed by atoms with Crippen molar-refractivity contribution >= 4 is 0 Å². The van der Waals surface area contributed by atoms with E-state index in [4.69, 9.17) is 18.9 Å². The smallest absolute Gasteiger partial charge is 0.254 e. The van der Waals surface area contributed by atoms with Crippen molar-refractivity contribution in [3.05, 3.63) is 12.3 Å². The molecule has 0 amide bonds. The van der Waals surface area contributed by atoms with Crippen LogP contribution in [0.25, 0.3) is 0 Å². The average Bonchev–Trinajstić information content (AvgIpc) is 2.64. The van der Waals surface area contributed by atoms with Crippen molar-refractivity contribution in [2.75, 3.05) is 13.2 Å². The highest BCUT2D eigenvalue weighted by Crippen LogP contribution is 2.42. The lowest BCUT2D eigenvalue weighted by Crippen LogP contribution is -2.45. The van der Waals surface area contributed by atoms with E-state index in [9.17, 15) is 5.11 Å². The first-order valence-electron chi connectivity index (χ1n) is 5.43. The summed E-state index contributed by atoms with van der Waals surface area (Å²) in [5.41, 5.74) is 0. The van der Waals surface area contributed by atoms with E-state index in [1.54, 1.807) is 13.8 Å². The van der Waals surface area contributed by atoms with Crippen molar-refractivity contribution in [1.82, 2.24) is 0 Å². The van der Waals surface area contributed by atoms with Crippen LogP contribution in [0.2, 0.25) is 0 Å². The van der Waals surface area contributed by atoms with E-state index in [0.717, 1.165) is 0 Å². The van der Waals surface area contributed by atoms with Gasteiger partial charge in [0.05, 0.1) is 13.2 Å². The molecule has 5 nitrogen and oxygen atoms in total. The third kappa shape index (κ3) is 1.73. The van der Waals surface area contributed by atoms with Gasteiger partial charge in [0.25, 0.3) is 5.79 Å². The second-order valence-electron chi connectivity index (χ2n) is 4.46. The molecule has 0 aromatic carbocycles. The van der Waals surface area contributed by atoms with Gasteiger partial charge in [-0.2, -0.15) is 0 Å². The van der Waals surface area contributed by atoms with E-state index in [1.807, 2.05) is 6.92 Å². The Morgan fingerprint density at radius 3 is 2.81 bits per heavy atom. The molecule has 16 heavy (non-hydrogen) atoms. The normalized spacial score (nSPS) is 40.8. The highest BCUT2D eigenvalue weighted by molar-refractivity contribution is 5.11. The molecule has 0 aromatic rings. The molecule has 1 N–H and O–H groups in total. The summed E-state index contributed by atoms with van der Waals surface area (Å²) >= 11 is 0. The van der Waals surface area contributed by atoms with Gasteiger partial charge in [-0.3, -0.25) is 0 Å². The van der Waals surface area contributed by atoms with Crippen LogP contribution >= 0.6 is 0 Å². The van der Waals surface area contributed by atoms with Crippen LogP contribution in [0.4, 0.5) is 0 Å². The molecule has 2 aliphatic rings. The predicted octanol–water partition coefficient (Wildman–Crippen LogP) is 0.775. The minimum absolute atomic E-state index is 0.170. The van der Waals surface area contributed by atoms with Crippen molar-refractivity contribution in [1.29, 1.82) is 0 Å². The maximum Gasteiger partial charge on any atom is 0.254 e. The van der Waals surface area contributed by atoms with Crippen molar-refractivity contribution in [2.24, 2.45) is 0 Å².